The molecule has 1 aromatic carbocycles. The molecular weight excluding hydrogens is 410 g/mol. The van der Waals surface area contributed by atoms with Crippen molar-refractivity contribution in [2.75, 3.05) is 19.4 Å². The van der Waals surface area contributed by atoms with Crippen molar-refractivity contribution in [3.05, 3.63) is 78.5 Å². The number of anilines is 1. The highest BCUT2D eigenvalue weighted by Gasteiger charge is 2.12. The highest BCUT2D eigenvalue weighted by Crippen LogP contribution is 2.25. The summed E-state index contributed by atoms with van der Waals surface area (Å²) in [4.78, 5) is 9.19. The van der Waals surface area contributed by atoms with Crippen LogP contribution in [-0.2, 0) is 0 Å². The molecule has 0 fully saturated rings. The molecule has 0 atom stereocenters. The number of nitrogens with two attached hydrogens (primary N) is 1. The molecule has 0 spiro atoms. The van der Waals surface area contributed by atoms with E-state index in [-0.39, 0.29) is 0 Å². The number of nitrogens with one attached hydrogen (secondary N) is 2. The molecule has 7 heteroatoms. The van der Waals surface area contributed by atoms with Crippen LogP contribution in [0.3, 0.4) is 0 Å². The molecule has 0 saturated carbocycles. The topological polar surface area (TPSA) is 83.5 Å². The molecule has 0 unspecified atom stereocenters. The average Bonchev–Trinajstić information content (AvgIpc) is 3.28. The molecule has 2 heterocycles. The van der Waals surface area contributed by atoms with Crippen molar-refractivity contribution >= 4 is 17.2 Å². The van der Waals surface area contributed by atoms with Crippen molar-refractivity contribution in [3.8, 4) is 11.3 Å². The molecule has 4 N–H and O–H groups in total. The monoisotopic (exact) mass is 447 g/mol. The van der Waals surface area contributed by atoms with Gasteiger partial charge in [-0.25, -0.2) is 15.4 Å². The summed E-state index contributed by atoms with van der Waals surface area (Å²) in [7, 11) is 3.91. The molecule has 0 saturated heterocycles. The number of benzene rings is 1. The van der Waals surface area contributed by atoms with Gasteiger partial charge in [-0.2, -0.15) is 0 Å². The fraction of sp³-hybridized carbons (Fsp3) is 0.308. The molecule has 33 heavy (non-hydrogen) atoms. The summed E-state index contributed by atoms with van der Waals surface area (Å²) in [5, 5.41) is 5.47. The number of hydrogen-bond donors (Lipinski definition) is 3. The Morgan fingerprint density at radius 3 is 2.45 bits per heavy atom. The number of hydrazine groups is 1. The maximum absolute atomic E-state index is 5.79. The Morgan fingerprint density at radius 2 is 1.88 bits per heavy atom. The third-order valence-corrected chi connectivity index (χ3v) is 5.12. The van der Waals surface area contributed by atoms with Crippen LogP contribution in [0.1, 0.15) is 46.1 Å². The van der Waals surface area contributed by atoms with Crippen molar-refractivity contribution < 1.29 is 0 Å². The summed E-state index contributed by atoms with van der Waals surface area (Å²) in [6.07, 6.45) is 11.6. The van der Waals surface area contributed by atoms with E-state index < -0.39 is 0 Å². The molecule has 0 aliphatic heterocycles. The minimum atomic E-state index is 0.555. The number of aromatic nitrogens is 3. The van der Waals surface area contributed by atoms with E-state index in [0.29, 0.717) is 11.5 Å². The van der Waals surface area contributed by atoms with Gasteiger partial charge in [0.15, 0.2) is 11.5 Å². The molecule has 7 nitrogen and oxygen atoms in total. The van der Waals surface area contributed by atoms with Gasteiger partial charge in [0.25, 0.3) is 0 Å². The van der Waals surface area contributed by atoms with Crippen LogP contribution in [0.4, 0.5) is 5.82 Å². The zero-order valence-electron chi connectivity index (χ0n) is 20.7. The molecule has 0 radical (unpaired) electrons. The highest BCUT2D eigenvalue weighted by molar-refractivity contribution is 5.73. The van der Waals surface area contributed by atoms with Crippen molar-refractivity contribution in [2.45, 2.75) is 40.5 Å². The van der Waals surface area contributed by atoms with Crippen molar-refractivity contribution in [1.82, 2.24) is 24.8 Å². The van der Waals surface area contributed by atoms with Crippen LogP contribution >= 0.6 is 0 Å². The first-order valence-corrected chi connectivity index (χ1v) is 11.4. The summed E-state index contributed by atoms with van der Waals surface area (Å²) >= 11 is 0. The average molecular weight is 448 g/mol. The van der Waals surface area contributed by atoms with Gasteiger partial charge >= 0.3 is 0 Å². The molecule has 3 aromatic rings. The fourth-order valence-corrected chi connectivity index (χ4v) is 3.34. The Labute approximate surface area is 197 Å². The molecule has 0 aliphatic carbocycles. The van der Waals surface area contributed by atoms with Crippen LogP contribution in [0.5, 0.6) is 0 Å². The van der Waals surface area contributed by atoms with Gasteiger partial charge < -0.3 is 16.1 Å². The normalized spacial score (nSPS) is 11.7. The molecule has 0 bridgehead atoms. The molecule has 3 rings (SSSR count). The number of allylic oxidation sites excluding steroid dienone is 3. The fourth-order valence-electron chi connectivity index (χ4n) is 3.34. The molecular formula is C26H37N7. The third kappa shape index (κ3) is 6.23. The Hall–Kier alpha value is -3.58. The van der Waals surface area contributed by atoms with E-state index in [1.54, 1.807) is 6.20 Å². The van der Waals surface area contributed by atoms with Gasteiger partial charge in [-0.1, -0.05) is 64.6 Å². The quantitative estimate of drug-likeness (QED) is 0.300. The zero-order valence-corrected chi connectivity index (χ0v) is 20.7. The predicted molar refractivity (Wildman–Crippen MR) is 140 cm³/mol. The first-order chi connectivity index (χ1) is 16.0. The summed E-state index contributed by atoms with van der Waals surface area (Å²) in [6, 6.07) is 7.98. The summed E-state index contributed by atoms with van der Waals surface area (Å²) < 4.78 is 2.04. The Kier molecular flexibility index (Phi) is 9.69. The number of fused-ring (bicyclic) bond motifs is 1. The maximum atomic E-state index is 5.79. The lowest BCUT2D eigenvalue weighted by molar-refractivity contribution is 0.323. The van der Waals surface area contributed by atoms with Crippen LogP contribution < -0.4 is 16.5 Å². The van der Waals surface area contributed by atoms with E-state index in [1.807, 2.05) is 74.0 Å². The van der Waals surface area contributed by atoms with Gasteiger partial charge in [-0.15, -0.1) is 0 Å². The van der Waals surface area contributed by atoms with Crippen LogP contribution in [0, 0.1) is 0 Å². The highest BCUT2D eigenvalue weighted by atomic mass is 15.5. The summed E-state index contributed by atoms with van der Waals surface area (Å²) in [5.74, 6) is 0.708. The second-order valence-corrected chi connectivity index (χ2v) is 7.18. The lowest BCUT2D eigenvalue weighted by atomic mass is 10.1. The van der Waals surface area contributed by atoms with E-state index in [1.165, 1.54) is 0 Å². The Morgan fingerprint density at radius 1 is 1.18 bits per heavy atom. The molecule has 2 aromatic heterocycles. The van der Waals surface area contributed by atoms with Crippen molar-refractivity contribution in [2.24, 2.45) is 5.73 Å². The molecule has 0 aliphatic rings. The SMILES string of the molecule is C=C(N)c1ccc(-c2cnc3c(NC(=C/CC)/C=C(\CC)N(C)NC)nccn23)cc1.CC. The lowest BCUT2D eigenvalue weighted by Gasteiger charge is -2.21. The van der Waals surface area contributed by atoms with Gasteiger partial charge in [-0.3, -0.25) is 4.40 Å². The predicted octanol–water partition coefficient (Wildman–Crippen LogP) is 5.42. The van der Waals surface area contributed by atoms with Crippen LogP contribution in [0.25, 0.3) is 22.6 Å². The minimum absolute atomic E-state index is 0.555. The minimum Gasteiger partial charge on any atom is -0.399 e. The van der Waals surface area contributed by atoms with Crippen molar-refractivity contribution in [3.63, 3.8) is 0 Å². The second-order valence-electron chi connectivity index (χ2n) is 7.18. The van der Waals surface area contributed by atoms with Gasteiger partial charge in [-0.05, 0) is 24.5 Å². The maximum Gasteiger partial charge on any atom is 0.180 e. The van der Waals surface area contributed by atoms with Crippen LogP contribution in [0.2, 0.25) is 0 Å². The van der Waals surface area contributed by atoms with Gasteiger partial charge in [0, 0.05) is 49.1 Å². The van der Waals surface area contributed by atoms with Gasteiger partial charge in [0.2, 0.25) is 0 Å². The molecule has 0 amide bonds. The van der Waals surface area contributed by atoms with Gasteiger partial charge in [0.05, 0.1) is 11.9 Å². The zero-order chi connectivity index (χ0) is 24.4. The van der Waals surface area contributed by atoms with E-state index in [4.69, 9.17) is 5.73 Å². The number of rotatable bonds is 9. The largest absolute Gasteiger partial charge is 0.399 e. The van der Waals surface area contributed by atoms with E-state index in [2.05, 4.69) is 53.3 Å². The van der Waals surface area contributed by atoms with Gasteiger partial charge in [0.1, 0.15) is 0 Å². The standard InChI is InChI=1S/C24H31N7.C2H6/c1-6-8-20(15-21(7-2)30(5)26-4)29-23-24-28-16-22(31(24)14-13-27-23)19-11-9-18(10-12-19)17(3)25;1-2/h8-16,26H,3,6-7,25H2,1-2,4-5H3,(H,27,29);1-2H3/b20-8+,21-15+;. The van der Waals surface area contributed by atoms with E-state index in [9.17, 15) is 0 Å². The van der Waals surface area contributed by atoms with Crippen molar-refractivity contribution in [1.29, 1.82) is 0 Å². The van der Waals surface area contributed by atoms with E-state index in [0.717, 1.165) is 46.7 Å². The number of imidazole rings is 1. The lowest BCUT2D eigenvalue weighted by Crippen LogP contribution is -2.30. The third-order valence-electron chi connectivity index (χ3n) is 5.12. The Bertz CT molecular complexity index is 1110. The van der Waals surface area contributed by atoms with Crippen LogP contribution in [0.15, 0.2) is 73.0 Å². The second kappa shape index (κ2) is 12.5. The first kappa shape index (κ1) is 25.7. The number of nitrogens with zero attached hydrogens (tertiary/aromatic N) is 4. The van der Waals surface area contributed by atoms with Crippen LogP contribution in [-0.4, -0.2) is 33.5 Å². The molecule has 176 valence electrons. The Balaban J connectivity index is 0.00000187. The van der Waals surface area contributed by atoms with E-state index >= 15 is 0 Å². The summed E-state index contributed by atoms with van der Waals surface area (Å²) in [5.41, 5.74) is 15.3. The smallest absolute Gasteiger partial charge is 0.180 e. The first-order valence-electron chi connectivity index (χ1n) is 11.4. The number of hydrogen-bond acceptors (Lipinski definition) is 6. The summed E-state index contributed by atoms with van der Waals surface area (Å²) in [6.45, 7) is 12.0.